The molecule has 0 unspecified atom stereocenters. The van der Waals surface area contributed by atoms with Crippen molar-refractivity contribution in [2.24, 2.45) is 0 Å². The quantitative estimate of drug-likeness (QED) is 0.382. The van der Waals surface area contributed by atoms with Crippen LogP contribution in [0.4, 0.5) is 0 Å². The molecule has 0 saturated carbocycles. The minimum absolute atomic E-state index is 0.0458. The smallest absolute Gasteiger partial charge is 0.226 e. The Kier molecular flexibility index (Phi) is 7.69. The molecule has 1 amide bonds. The molecular weight excluding hydrogens is 384 g/mol. The summed E-state index contributed by atoms with van der Waals surface area (Å²) in [6, 6.07) is 16.9. The lowest BCUT2D eigenvalue weighted by Gasteiger charge is -2.05. The maximum atomic E-state index is 12.1. The zero-order valence-electron chi connectivity index (χ0n) is 16.4. The van der Waals surface area contributed by atoms with Crippen molar-refractivity contribution in [3.63, 3.8) is 0 Å². The summed E-state index contributed by atoms with van der Waals surface area (Å²) >= 11 is 3.36. The van der Waals surface area contributed by atoms with Crippen LogP contribution in [-0.2, 0) is 23.4 Å². The molecule has 5 heteroatoms. The van der Waals surface area contributed by atoms with E-state index in [1.54, 1.807) is 23.1 Å². The number of amides is 1. The van der Waals surface area contributed by atoms with Crippen LogP contribution in [0.5, 0.6) is 0 Å². The van der Waals surface area contributed by atoms with Crippen molar-refractivity contribution in [1.29, 1.82) is 0 Å². The first-order chi connectivity index (χ1) is 13.6. The van der Waals surface area contributed by atoms with Gasteiger partial charge in [-0.1, -0.05) is 65.9 Å². The second kappa shape index (κ2) is 10.4. The number of carbonyl (C=O) groups excluding carboxylic acids is 1. The third-order valence-corrected chi connectivity index (χ3v) is 6.65. The van der Waals surface area contributed by atoms with Gasteiger partial charge < -0.3 is 5.32 Å². The van der Waals surface area contributed by atoms with Gasteiger partial charge in [-0.25, -0.2) is 4.98 Å². The highest BCUT2D eigenvalue weighted by molar-refractivity contribution is 8.00. The van der Waals surface area contributed by atoms with Gasteiger partial charge in [0.25, 0.3) is 0 Å². The number of hydrogen-bond acceptors (Lipinski definition) is 4. The third kappa shape index (κ3) is 6.50. The van der Waals surface area contributed by atoms with Crippen LogP contribution in [0.2, 0.25) is 0 Å². The van der Waals surface area contributed by atoms with Crippen molar-refractivity contribution in [3.8, 4) is 0 Å². The Hall–Kier alpha value is -2.11. The summed E-state index contributed by atoms with van der Waals surface area (Å²) in [6.07, 6.45) is 2.28. The number of nitrogens with zero attached hydrogens (tertiary/aromatic N) is 1. The monoisotopic (exact) mass is 410 g/mol. The standard InChI is InChI=1S/C23H26N2OS2/c1-17-10-11-18(2)20(13-17)15-27-23-25-21(16-28-23)14-22(26)24-12-6-9-19-7-4-3-5-8-19/h3-5,7-8,10-11,13,16H,6,9,12,14-15H2,1-2H3,(H,24,26). The third-order valence-electron chi connectivity index (χ3n) is 4.54. The van der Waals surface area contributed by atoms with Gasteiger partial charge in [0.2, 0.25) is 5.91 Å². The summed E-state index contributed by atoms with van der Waals surface area (Å²) < 4.78 is 1.02. The van der Waals surface area contributed by atoms with E-state index in [1.807, 2.05) is 23.6 Å². The van der Waals surface area contributed by atoms with Crippen LogP contribution in [0, 0.1) is 13.8 Å². The second-order valence-electron chi connectivity index (χ2n) is 6.94. The highest BCUT2D eigenvalue weighted by Crippen LogP contribution is 2.27. The Morgan fingerprint density at radius 1 is 1.14 bits per heavy atom. The molecule has 1 aromatic heterocycles. The fraction of sp³-hybridized carbons (Fsp3) is 0.304. The van der Waals surface area contributed by atoms with Crippen molar-refractivity contribution < 1.29 is 4.79 Å². The Bertz CT molecular complexity index is 906. The highest BCUT2D eigenvalue weighted by Gasteiger charge is 2.09. The second-order valence-corrected chi connectivity index (χ2v) is 9.02. The van der Waals surface area contributed by atoms with Gasteiger partial charge in [-0.15, -0.1) is 11.3 Å². The summed E-state index contributed by atoms with van der Waals surface area (Å²) in [5, 5.41) is 5.00. The summed E-state index contributed by atoms with van der Waals surface area (Å²) in [7, 11) is 0. The molecule has 0 atom stereocenters. The van der Waals surface area contributed by atoms with Crippen LogP contribution in [-0.4, -0.2) is 17.4 Å². The normalized spacial score (nSPS) is 10.8. The van der Waals surface area contributed by atoms with Gasteiger partial charge in [-0.3, -0.25) is 4.79 Å². The first-order valence-corrected chi connectivity index (χ1v) is 11.4. The zero-order chi connectivity index (χ0) is 19.8. The van der Waals surface area contributed by atoms with E-state index < -0.39 is 0 Å². The van der Waals surface area contributed by atoms with Crippen LogP contribution in [0.3, 0.4) is 0 Å². The number of carbonyl (C=O) groups is 1. The van der Waals surface area contributed by atoms with Crippen LogP contribution < -0.4 is 5.32 Å². The van der Waals surface area contributed by atoms with E-state index in [2.05, 4.69) is 54.5 Å². The maximum absolute atomic E-state index is 12.1. The molecule has 0 saturated heterocycles. The summed E-state index contributed by atoms with van der Waals surface area (Å²) in [5.74, 6) is 0.955. The van der Waals surface area contributed by atoms with Crippen molar-refractivity contribution in [2.45, 2.75) is 43.2 Å². The van der Waals surface area contributed by atoms with Gasteiger partial charge in [0.1, 0.15) is 4.34 Å². The number of hydrogen-bond donors (Lipinski definition) is 1. The van der Waals surface area contributed by atoms with Crippen LogP contribution in [0.15, 0.2) is 58.3 Å². The summed E-state index contributed by atoms with van der Waals surface area (Å²) in [6.45, 7) is 4.96. The van der Waals surface area contributed by atoms with Gasteiger partial charge in [0.15, 0.2) is 0 Å². The SMILES string of the molecule is Cc1ccc(C)c(CSc2nc(CC(=O)NCCCc3ccccc3)cs2)c1. The number of benzene rings is 2. The molecule has 0 radical (unpaired) electrons. The lowest BCUT2D eigenvalue weighted by Crippen LogP contribution is -2.26. The molecule has 1 heterocycles. The minimum Gasteiger partial charge on any atom is -0.356 e. The molecule has 3 rings (SSSR count). The van der Waals surface area contributed by atoms with E-state index >= 15 is 0 Å². The Morgan fingerprint density at radius 3 is 2.79 bits per heavy atom. The molecule has 0 fully saturated rings. The molecule has 1 N–H and O–H groups in total. The number of thiazole rings is 1. The Labute approximate surface area is 175 Å². The summed E-state index contributed by atoms with van der Waals surface area (Å²) in [4.78, 5) is 16.8. The Balaban J connectivity index is 1.40. The fourth-order valence-corrected chi connectivity index (χ4v) is 4.83. The number of nitrogens with one attached hydrogen (secondary N) is 1. The largest absolute Gasteiger partial charge is 0.356 e. The molecule has 0 bridgehead atoms. The number of aryl methyl sites for hydroxylation is 3. The van der Waals surface area contributed by atoms with Gasteiger partial charge in [-0.2, -0.15) is 0 Å². The van der Waals surface area contributed by atoms with E-state index in [0.717, 1.165) is 28.6 Å². The van der Waals surface area contributed by atoms with Gasteiger partial charge in [0, 0.05) is 17.7 Å². The van der Waals surface area contributed by atoms with Crippen LogP contribution in [0.1, 0.15) is 34.4 Å². The molecule has 146 valence electrons. The van der Waals surface area contributed by atoms with Crippen molar-refractivity contribution >= 4 is 29.0 Å². The van der Waals surface area contributed by atoms with Crippen molar-refractivity contribution in [1.82, 2.24) is 10.3 Å². The van der Waals surface area contributed by atoms with Gasteiger partial charge >= 0.3 is 0 Å². The number of rotatable bonds is 9. The average molecular weight is 411 g/mol. The van der Waals surface area contributed by atoms with Gasteiger partial charge in [0.05, 0.1) is 12.1 Å². The lowest BCUT2D eigenvalue weighted by atomic mass is 10.1. The van der Waals surface area contributed by atoms with E-state index in [4.69, 9.17) is 0 Å². The highest BCUT2D eigenvalue weighted by atomic mass is 32.2. The van der Waals surface area contributed by atoms with E-state index in [0.29, 0.717) is 13.0 Å². The fourth-order valence-electron chi connectivity index (χ4n) is 2.92. The first-order valence-electron chi connectivity index (χ1n) is 9.54. The minimum atomic E-state index is 0.0458. The zero-order valence-corrected chi connectivity index (χ0v) is 18.0. The molecule has 2 aromatic carbocycles. The molecule has 0 aliphatic carbocycles. The van der Waals surface area contributed by atoms with Crippen LogP contribution in [0.25, 0.3) is 0 Å². The topological polar surface area (TPSA) is 42.0 Å². The molecule has 3 aromatic rings. The van der Waals surface area contributed by atoms with E-state index in [1.165, 1.54) is 22.3 Å². The van der Waals surface area contributed by atoms with E-state index in [9.17, 15) is 4.79 Å². The van der Waals surface area contributed by atoms with Crippen LogP contribution >= 0.6 is 23.1 Å². The number of aromatic nitrogens is 1. The van der Waals surface area contributed by atoms with Crippen molar-refractivity contribution in [2.75, 3.05) is 6.54 Å². The molecule has 28 heavy (non-hydrogen) atoms. The van der Waals surface area contributed by atoms with Gasteiger partial charge in [-0.05, 0) is 43.4 Å². The molecule has 0 aliphatic heterocycles. The Morgan fingerprint density at radius 2 is 1.96 bits per heavy atom. The maximum Gasteiger partial charge on any atom is 0.226 e. The average Bonchev–Trinajstić information content (AvgIpc) is 3.14. The predicted molar refractivity (Wildman–Crippen MR) is 119 cm³/mol. The number of thioether (sulfide) groups is 1. The van der Waals surface area contributed by atoms with Crippen molar-refractivity contribution in [3.05, 3.63) is 81.9 Å². The molecule has 3 nitrogen and oxygen atoms in total. The molecular formula is C23H26N2OS2. The molecule has 0 spiro atoms. The van der Waals surface area contributed by atoms with E-state index in [-0.39, 0.29) is 5.91 Å². The first kappa shape index (κ1) is 20.6. The molecule has 0 aliphatic rings. The lowest BCUT2D eigenvalue weighted by molar-refractivity contribution is -0.120. The summed E-state index contributed by atoms with van der Waals surface area (Å²) in [5.41, 5.74) is 6.10. The predicted octanol–water partition coefficient (Wildman–Crippen LogP) is 5.34.